The van der Waals surface area contributed by atoms with E-state index < -0.39 is 28.9 Å². The molecule has 172 valence electrons. The minimum Gasteiger partial charge on any atom is -0.497 e. The van der Waals surface area contributed by atoms with E-state index in [1.54, 1.807) is 12.3 Å². The van der Waals surface area contributed by atoms with Gasteiger partial charge in [0.05, 0.1) is 35.8 Å². The van der Waals surface area contributed by atoms with Gasteiger partial charge in [-0.25, -0.2) is 13.2 Å². The molecule has 1 saturated heterocycles. The molecule has 1 aliphatic rings. The van der Waals surface area contributed by atoms with E-state index in [9.17, 15) is 13.6 Å². The normalized spacial score (nSPS) is 15.9. The van der Waals surface area contributed by atoms with Gasteiger partial charge in [-0.2, -0.15) is 0 Å². The predicted molar refractivity (Wildman–Crippen MR) is 120 cm³/mol. The number of piperidine rings is 1. The zero-order valence-electron chi connectivity index (χ0n) is 17.9. The van der Waals surface area contributed by atoms with Gasteiger partial charge in [-0.15, -0.1) is 0 Å². The molecule has 0 bridgehead atoms. The van der Waals surface area contributed by atoms with Crippen molar-refractivity contribution in [3.8, 4) is 16.9 Å². The Balaban J connectivity index is 1.66. The van der Waals surface area contributed by atoms with E-state index in [2.05, 4.69) is 10.3 Å². The van der Waals surface area contributed by atoms with Crippen LogP contribution in [0.25, 0.3) is 11.1 Å². The largest absolute Gasteiger partial charge is 0.497 e. The molecular weight excluding hydrogens is 433 g/mol. The Hall–Kier alpha value is -3.59. The second-order valence-corrected chi connectivity index (χ2v) is 7.83. The summed E-state index contributed by atoms with van der Waals surface area (Å²) in [7, 11) is 1.27. The van der Waals surface area contributed by atoms with E-state index in [1.807, 2.05) is 4.90 Å². The quantitative estimate of drug-likeness (QED) is 0.597. The van der Waals surface area contributed by atoms with Gasteiger partial charge in [-0.1, -0.05) is 12.1 Å². The number of aromatic nitrogens is 1. The number of rotatable bonds is 5. The summed E-state index contributed by atoms with van der Waals surface area (Å²) in [6.45, 7) is 1.38. The number of benzene rings is 2. The maximum Gasteiger partial charge on any atom is 0.258 e. The van der Waals surface area contributed by atoms with Gasteiger partial charge in [0.2, 0.25) is 0 Å². The Kier molecular flexibility index (Phi) is 6.50. The summed E-state index contributed by atoms with van der Waals surface area (Å²) in [5.74, 6) is -3.84. The molecule has 0 radical (unpaired) electrons. The average molecular weight is 456 g/mol. The van der Waals surface area contributed by atoms with Gasteiger partial charge < -0.3 is 20.7 Å². The first kappa shape index (κ1) is 22.6. The molecule has 0 unspecified atom stereocenters. The summed E-state index contributed by atoms with van der Waals surface area (Å²) in [6, 6.07) is 7.50. The molecule has 0 spiro atoms. The second kappa shape index (κ2) is 9.50. The number of nitrogens with zero attached hydrogens (tertiary/aromatic N) is 2. The lowest BCUT2D eigenvalue weighted by atomic mass is 10.00. The Morgan fingerprint density at radius 1 is 1.21 bits per heavy atom. The molecule has 1 fully saturated rings. The molecule has 4 rings (SSSR count). The van der Waals surface area contributed by atoms with Crippen molar-refractivity contribution in [2.45, 2.75) is 18.9 Å². The van der Waals surface area contributed by atoms with Crippen LogP contribution < -0.4 is 20.7 Å². The van der Waals surface area contributed by atoms with E-state index in [0.717, 1.165) is 37.2 Å². The molecule has 1 aliphatic heterocycles. The standard InChI is InChI=1S/C24H23F3N4O2/c1-33-15-10-18(25)22(19(26)11-15)16-5-2-6-17(23(16)27)24(32)30-20-12-29-8-7-21(20)31-9-3-4-14(28)13-31/h2,5-8,10-12,14H,3-4,9,13,28H2,1H3,(H,30,32)/t14-/m0/s1. The van der Waals surface area contributed by atoms with Crippen molar-refractivity contribution in [2.75, 3.05) is 30.4 Å². The summed E-state index contributed by atoms with van der Waals surface area (Å²) < 4.78 is 49.2. The molecule has 3 N–H and O–H groups in total. The van der Waals surface area contributed by atoms with Crippen molar-refractivity contribution < 1.29 is 22.7 Å². The van der Waals surface area contributed by atoms with Crippen LogP contribution in [0.4, 0.5) is 24.5 Å². The van der Waals surface area contributed by atoms with E-state index >= 15 is 4.39 Å². The van der Waals surface area contributed by atoms with E-state index in [-0.39, 0.29) is 22.9 Å². The molecule has 1 amide bonds. The van der Waals surface area contributed by atoms with Gasteiger partial charge in [0.1, 0.15) is 23.2 Å². The molecule has 2 aromatic carbocycles. The third-order valence-electron chi connectivity index (χ3n) is 5.61. The number of halogens is 3. The fourth-order valence-corrected chi connectivity index (χ4v) is 4.00. The highest BCUT2D eigenvalue weighted by Crippen LogP contribution is 2.33. The highest BCUT2D eigenvalue weighted by atomic mass is 19.1. The first-order chi connectivity index (χ1) is 15.9. The van der Waals surface area contributed by atoms with Gasteiger partial charge in [0.15, 0.2) is 0 Å². The van der Waals surface area contributed by atoms with Gasteiger partial charge in [0.25, 0.3) is 5.91 Å². The topological polar surface area (TPSA) is 80.5 Å². The van der Waals surface area contributed by atoms with Gasteiger partial charge >= 0.3 is 0 Å². The summed E-state index contributed by atoms with van der Waals surface area (Å²) in [4.78, 5) is 19.1. The molecule has 6 nitrogen and oxygen atoms in total. The number of amides is 1. The zero-order valence-corrected chi connectivity index (χ0v) is 17.9. The van der Waals surface area contributed by atoms with Crippen LogP contribution in [-0.4, -0.2) is 37.1 Å². The first-order valence-electron chi connectivity index (χ1n) is 10.5. The SMILES string of the molecule is COc1cc(F)c(-c2cccc(C(=O)Nc3cnccc3N3CCC[C@H](N)C3)c2F)c(F)c1. The molecule has 3 aromatic rings. The summed E-state index contributed by atoms with van der Waals surface area (Å²) >= 11 is 0. The maximum atomic E-state index is 15.3. The van der Waals surface area contributed by atoms with Crippen LogP contribution in [0.1, 0.15) is 23.2 Å². The molecule has 9 heteroatoms. The van der Waals surface area contributed by atoms with E-state index in [0.29, 0.717) is 12.2 Å². The van der Waals surface area contributed by atoms with Crippen molar-refractivity contribution in [1.82, 2.24) is 4.98 Å². The number of pyridine rings is 1. The predicted octanol–water partition coefficient (Wildman–Crippen LogP) is 4.35. The summed E-state index contributed by atoms with van der Waals surface area (Å²) in [5, 5.41) is 2.67. The lowest BCUT2D eigenvalue weighted by Gasteiger charge is -2.33. The van der Waals surface area contributed by atoms with Crippen molar-refractivity contribution in [2.24, 2.45) is 5.73 Å². The molecule has 1 aromatic heterocycles. The number of ether oxygens (including phenoxy) is 1. The van der Waals surface area contributed by atoms with Crippen LogP contribution in [0.3, 0.4) is 0 Å². The number of methoxy groups -OCH3 is 1. The van der Waals surface area contributed by atoms with Gasteiger partial charge in [-0.3, -0.25) is 9.78 Å². The molecule has 2 heterocycles. The molecular formula is C24H23F3N4O2. The number of hydrogen-bond donors (Lipinski definition) is 2. The van der Waals surface area contributed by atoms with Crippen LogP contribution in [0, 0.1) is 17.5 Å². The van der Waals surface area contributed by atoms with Crippen LogP contribution >= 0.6 is 0 Å². The van der Waals surface area contributed by atoms with Gasteiger partial charge in [-0.05, 0) is 25.0 Å². The van der Waals surface area contributed by atoms with E-state index in [4.69, 9.17) is 10.5 Å². The van der Waals surface area contributed by atoms with Crippen LogP contribution in [0.5, 0.6) is 5.75 Å². The van der Waals surface area contributed by atoms with Crippen molar-refractivity contribution in [3.05, 3.63) is 71.8 Å². The fourth-order valence-electron chi connectivity index (χ4n) is 4.00. The second-order valence-electron chi connectivity index (χ2n) is 7.83. The highest BCUT2D eigenvalue weighted by Gasteiger charge is 2.24. The van der Waals surface area contributed by atoms with Crippen LogP contribution in [-0.2, 0) is 0 Å². The number of nitrogens with two attached hydrogens (primary N) is 1. The number of nitrogens with one attached hydrogen (secondary N) is 1. The Morgan fingerprint density at radius 2 is 1.97 bits per heavy atom. The number of carbonyl (C=O) groups excluding carboxylic acids is 1. The van der Waals surface area contributed by atoms with Gasteiger partial charge in [0, 0.05) is 43.0 Å². The maximum absolute atomic E-state index is 15.3. The lowest BCUT2D eigenvalue weighted by molar-refractivity contribution is 0.102. The van der Waals surface area contributed by atoms with Crippen molar-refractivity contribution in [1.29, 1.82) is 0 Å². The average Bonchev–Trinajstić information content (AvgIpc) is 2.80. The molecule has 0 aliphatic carbocycles. The minimum atomic E-state index is -1.04. The van der Waals surface area contributed by atoms with Crippen LogP contribution in [0.15, 0.2) is 48.8 Å². The van der Waals surface area contributed by atoms with Crippen LogP contribution in [0.2, 0.25) is 0 Å². The smallest absolute Gasteiger partial charge is 0.258 e. The monoisotopic (exact) mass is 456 g/mol. The number of anilines is 2. The third-order valence-corrected chi connectivity index (χ3v) is 5.61. The lowest BCUT2D eigenvalue weighted by Crippen LogP contribution is -2.43. The Morgan fingerprint density at radius 3 is 2.67 bits per heavy atom. The highest BCUT2D eigenvalue weighted by molar-refractivity contribution is 6.06. The molecule has 0 saturated carbocycles. The molecule has 1 atom stereocenters. The summed E-state index contributed by atoms with van der Waals surface area (Å²) in [5.41, 5.74) is 5.89. The molecule has 33 heavy (non-hydrogen) atoms. The Bertz CT molecular complexity index is 1170. The first-order valence-corrected chi connectivity index (χ1v) is 10.5. The van der Waals surface area contributed by atoms with Crippen molar-refractivity contribution >= 4 is 17.3 Å². The number of hydrogen-bond acceptors (Lipinski definition) is 5. The minimum absolute atomic E-state index is 0.0129. The number of carbonyl (C=O) groups is 1. The Labute approximate surface area is 189 Å². The summed E-state index contributed by atoms with van der Waals surface area (Å²) in [6.07, 6.45) is 4.89. The fraction of sp³-hybridized carbons (Fsp3) is 0.250. The van der Waals surface area contributed by atoms with E-state index in [1.165, 1.54) is 31.5 Å². The van der Waals surface area contributed by atoms with Crippen molar-refractivity contribution in [3.63, 3.8) is 0 Å². The zero-order chi connectivity index (χ0) is 23.5. The third kappa shape index (κ3) is 4.63.